The first kappa shape index (κ1) is 14.6. The third kappa shape index (κ3) is 5.21. The van der Waals surface area contributed by atoms with E-state index in [0.29, 0.717) is 6.42 Å². The van der Waals surface area contributed by atoms with Crippen molar-refractivity contribution in [2.24, 2.45) is 5.92 Å². The van der Waals surface area contributed by atoms with Gasteiger partial charge in [0.05, 0.1) is 6.42 Å². The molecule has 1 aromatic carbocycles. The van der Waals surface area contributed by atoms with Crippen LogP contribution in [0.4, 0.5) is 5.69 Å². The molecule has 1 amide bonds. The van der Waals surface area contributed by atoms with E-state index < -0.39 is 0 Å². The molecule has 0 saturated heterocycles. The van der Waals surface area contributed by atoms with Crippen LogP contribution < -0.4 is 5.32 Å². The van der Waals surface area contributed by atoms with E-state index in [-0.39, 0.29) is 5.91 Å². The van der Waals surface area contributed by atoms with Crippen molar-refractivity contribution in [3.05, 3.63) is 29.8 Å². The van der Waals surface area contributed by atoms with Crippen LogP contribution in [0.5, 0.6) is 0 Å². The van der Waals surface area contributed by atoms with Crippen molar-refractivity contribution in [1.82, 2.24) is 4.90 Å². The van der Waals surface area contributed by atoms with Crippen molar-refractivity contribution in [2.45, 2.75) is 26.7 Å². The highest BCUT2D eigenvalue weighted by Gasteiger charge is 2.05. The Morgan fingerprint density at radius 2 is 1.83 bits per heavy atom. The lowest BCUT2D eigenvalue weighted by Crippen LogP contribution is -2.23. The van der Waals surface area contributed by atoms with Gasteiger partial charge in [-0.3, -0.25) is 4.79 Å². The molecule has 100 valence electrons. The summed E-state index contributed by atoms with van der Waals surface area (Å²) >= 11 is 0. The van der Waals surface area contributed by atoms with Crippen LogP contribution in [0.25, 0.3) is 0 Å². The van der Waals surface area contributed by atoms with E-state index in [2.05, 4.69) is 19.2 Å². The molecular formula is C15H24N2O. The molecule has 3 nitrogen and oxygen atoms in total. The molecule has 18 heavy (non-hydrogen) atoms. The second-order valence-corrected chi connectivity index (χ2v) is 5.27. The van der Waals surface area contributed by atoms with Gasteiger partial charge in [0, 0.05) is 26.3 Å². The van der Waals surface area contributed by atoms with Gasteiger partial charge in [-0.2, -0.15) is 0 Å². The van der Waals surface area contributed by atoms with Crippen LogP contribution in [-0.4, -0.2) is 31.4 Å². The number of benzene rings is 1. The van der Waals surface area contributed by atoms with Crippen LogP contribution in [0, 0.1) is 5.92 Å². The van der Waals surface area contributed by atoms with E-state index in [1.54, 1.807) is 19.0 Å². The molecular weight excluding hydrogens is 224 g/mol. The Hall–Kier alpha value is -1.51. The highest BCUT2D eigenvalue weighted by Crippen LogP contribution is 2.11. The number of hydrogen-bond acceptors (Lipinski definition) is 2. The zero-order chi connectivity index (χ0) is 13.5. The second-order valence-electron chi connectivity index (χ2n) is 5.27. The van der Waals surface area contributed by atoms with Crippen LogP contribution in [0.1, 0.15) is 25.8 Å². The zero-order valence-electron chi connectivity index (χ0n) is 11.9. The predicted octanol–water partition coefficient (Wildman–Crippen LogP) is 2.78. The standard InChI is InChI=1S/C15H24N2O/c1-12(2)9-10-16-14-7-5-13(6-8-14)11-15(18)17(3)4/h5-8,12,16H,9-11H2,1-4H3. The molecule has 0 unspecified atom stereocenters. The molecule has 0 aliphatic carbocycles. The summed E-state index contributed by atoms with van der Waals surface area (Å²) in [5.74, 6) is 0.852. The number of amides is 1. The van der Waals surface area contributed by atoms with Crippen LogP contribution in [0.3, 0.4) is 0 Å². The Labute approximate surface area is 110 Å². The van der Waals surface area contributed by atoms with E-state index in [0.717, 1.165) is 23.7 Å². The van der Waals surface area contributed by atoms with Crippen molar-refractivity contribution in [3.8, 4) is 0 Å². The minimum atomic E-state index is 0.135. The van der Waals surface area contributed by atoms with Crippen molar-refractivity contribution in [3.63, 3.8) is 0 Å². The smallest absolute Gasteiger partial charge is 0.226 e. The van der Waals surface area contributed by atoms with Crippen LogP contribution in [0.15, 0.2) is 24.3 Å². The molecule has 1 aromatic rings. The lowest BCUT2D eigenvalue weighted by atomic mass is 10.1. The van der Waals surface area contributed by atoms with Gasteiger partial charge in [0.25, 0.3) is 0 Å². The number of nitrogens with one attached hydrogen (secondary N) is 1. The summed E-state index contributed by atoms with van der Waals surface area (Å²) in [6.45, 7) is 5.43. The largest absolute Gasteiger partial charge is 0.385 e. The molecule has 0 bridgehead atoms. The molecule has 0 aliphatic heterocycles. The monoisotopic (exact) mass is 248 g/mol. The lowest BCUT2D eigenvalue weighted by Gasteiger charge is -2.11. The summed E-state index contributed by atoms with van der Waals surface area (Å²) in [5, 5.41) is 3.38. The molecule has 3 heteroatoms. The van der Waals surface area contributed by atoms with Gasteiger partial charge in [0.2, 0.25) is 5.91 Å². The average molecular weight is 248 g/mol. The van der Waals surface area contributed by atoms with E-state index in [9.17, 15) is 4.79 Å². The number of carbonyl (C=O) groups excluding carboxylic acids is 1. The third-order valence-electron chi connectivity index (χ3n) is 2.86. The number of rotatable bonds is 6. The molecule has 0 fully saturated rings. The Morgan fingerprint density at radius 3 is 2.33 bits per heavy atom. The van der Waals surface area contributed by atoms with Crippen LogP contribution in [-0.2, 0) is 11.2 Å². The van der Waals surface area contributed by atoms with Crippen molar-refractivity contribution >= 4 is 11.6 Å². The van der Waals surface area contributed by atoms with Gasteiger partial charge in [0.1, 0.15) is 0 Å². The minimum absolute atomic E-state index is 0.135. The number of likely N-dealkylation sites (N-methyl/N-ethyl adjacent to an activating group) is 1. The molecule has 0 aliphatic rings. The average Bonchev–Trinajstić information content (AvgIpc) is 2.30. The SMILES string of the molecule is CC(C)CCNc1ccc(CC(=O)N(C)C)cc1. The van der Waals surface area contributed by atoms with Gasteiger partial charge in [-0.1, -0.05) is 26.0 Å². The number of carbonyl (C=O) groups is 1. The topological polar surface area (TPSA) is 32.3 Å². The summed E-state index contributed by atoms with van der Waals surface area (Å²) in [6, 6.07) is 8.11. The van der Waals surface area contributed by atoms with Gasteiger partial charge >= 0.3 is 0 Å². The first-order chi connectivity index (χ1) is 8.49. The van der Waals surface area contributed by atoms with Gasteiger partial charge in [-0.05, 0) is 30.0 Å². The quantitative estimate of drug-likeness (QED) is 0.839. The lowest BCUT2D eigenvalue weighted by molar-refractivity contribution is -0.127. The molecule has 0 heterocycles. The summed E-state index contributed by atoms with van der Waals surface area (Å²) in [5.41, 5.74) is 2.18. The maximum Gasteiger partial charge on any atom is 0.226 e. The van der Waals surface area contributed by atoms with E-state index >= 15 is 0 Å². The highest BCUT2D eigenvalue weighted by molar-refractivity contribution is 5.78. The predicted molar refractivity (Wildman–Crippen MR) is 76.8 cm³/mol. The van der Waals surface area contributed by atoms with Crippen molar-refractivity contribution < 1.29 is 4.79 Å². The Balaban J connectivity index is 2.45. The highest BCUT2D eigenvalue weighted by atomic mass is 16.2. The molecule has 0 spiro atoms. The van der Waals surface area contributed by atoms with Gasteiger partial charge in [0.15, 0.2) is 0 Å². The van der Waals surface area contributed by atoms with Crippen LogP contribution in [0.2, 0.25) is 0 Å². The molecule has 0 aromatic heterocycles. The summed E-state index contributed by atoms with van der Waals surface area (Å²) in [7, 11) is 3.56. The van der Waals surface area contributed by atoms with Gasteiger partial charge < -0.3 is 10.2 Å². The number of nitrogens with zero attached hydrogens (tertiary/aromatic N) is 1. The first-order valence-electron chi connectivity index (χ1n) is 6.52. The number of anilines is 1. The fourth-order valence-electron chi connectivity index (χ4n) is 1.58. The fourth-order valence-corrected chi connectivity index (χ4v) is 1.58. The molecule has 0 atom stereocenters. The fraction of sp³-hybridized carbons (Fsp3) is 0.533. The molecule has 0 saturated carbocycles. The molecule has 0 radical (unpaired) electrons. The van der Waals surface area contributed by atoms with E-state index in [1.807, 2.05) is 24.3 Å². The van der Waals surface area contributed by atoms with Crippen molar-refractivity contribution in [1.29, 1.82) is 0 Å². The Morgan fingerprint density at radius 1 is 1.22 bits per heavy atom. The normalized spacial score (nSPS) is 10.5. The Bertz CT molecular complexity index is 369. The maximum atomic E-state index is 11.6. The minimum Gasteiger partial charge on any atom is -0.385 e. The molecule has 1 N–H and O–H groups in total. The third-order valence-corrected chi connectivity index (χ3v) is 2.86. The zero-order valence-corrected chi connectivity index (χ0v) is 11.9. The first-order valence-corrected chi connectivity index (χ1v) is 6.52. The summed E-state index contributed by atoms with van der Waals surface area (Å²) in [4.78, 5) is 13.2. The van der Waals surface area contributed by atoms with E-state index in [4.69, 9.17) is 0 Å². The second kappa shape index (κ2) is 7.04. The summed E-state index contributed by atoms with van der Waals surface area (Å²) in [6.07, 6.45) is 1.64. The number of hydrogen-bond donors (Lipinski definition) is 1. The molecule has 1 rings (SSSR count). The van der Waals surface area contributed by atoms with E-state index in [1.165, 1.54) is 6.42 Å². The van der Waals surface area contributed by atoms with Gasteiger partial charge in [-0.15, -0.1) is 0 Å². The van der Waals surface area contributed by atoms with Gasteiger partial charge in [-0.25, -0.2) is 0 Å². The summed E-state index contributed by atoms with van der Waals surface area (Å²) < 4.78 is 0. The van der Waals surface area contributed by atoms with Crippen LogP contribution >= 0.6 is 0 Å². The van der Waals surface area contributed by atoms with Crippen molar-refractivity contribution in [2.75, 3.05) is 26.0 Å². The Kier molecular flexibility index (Phi) is 5.69. The maximum absolute atomic E-state index is 11.6.